The molecule has 1 heterocycles. The van der Waals surface area contributed by atoms with Gasteiger partial charge in [0, 0.05) is 10.7 Å². The van der Waals surface area contributed by atoms with Crippen molar-refractivity contribution < 1.29 is 23.8 Å². The average molecular weight is 376 g/mol. The Kier molecular flexibility index (Phi) is 5.32. The third-order valence-electron chi connectivity index (χ3n) is 3.96. The quantitative estimate of drug-likeness (QED) is 0.829. The number of hydrogen-bond donors (Lipinski definition) is 1. The number of esters is 1. The van der Waals surface area contributed by atoms with Gasteiger partial charge in [-0.15, -0.1) is 0 Å². The number of hydrogen-bond acceptors (Lipinski definition) is 5. The Balaban J connectivity index is 1.59. The maximum absolute atomic E-state index is 12.3. The lowest BCUT2D eigenvalue weighted by Crippen LogP contribution is -2.41. The molecule has 3 rings (SSSR count). The fourth-order valence-corrected chi connectivity index (χ4v) is 2.59. The van der Waals surface area contributed by atoms with E-state index in [1.807, 2.05) is 6.07 Å². The van der Waals surface area contributed by atoms with E-state index in [0.29, 0.717) is 22.2 Å². The Morgan fingerprint density at radius 3 is 2.69 bits per heavy atom. The average Bonchev–Trinajstić information content (AvgIpc) is 2.64. The van der Waals surface area contributed by atoms with Crippen LogP contribution < -0.4 is 14.8 Å². The summed E-state index contributed by atoms with van der Waals surface area (Å²) in [5.41, 5.74) is 1.30. The number of halogens is 1. The molecule has 26 heavy (non-hydrogen) atoms. The van der Waals surface area contributed by atoms with Crippen LogP contribution in [-0.4, -0.2) is 30.7 Å². The Hall–Kier alpha value is -2.73. The minimum absolute atomic E-state index is 0.0254. The zero-order valence-electron chi connectivity index (χ0n) is 14.3. The molecule has 1 aliphatic rings. The molecule has 0 fully saturated rings. The lowest BCUT2D eigenvalue weighted by atomic mass is 10.2. The van der Waals surface area contributed by atoms with Gasteiger partial charge in [-0.2, -0.15) is 0 Å². The molecular weight excluding hydrogens is 358 g/mol. The third-order valence-corrected chi connectivity index (χ3v) is 4.37. The van der Waals surface area contributed by atoms with E-state index in [0.717, 1.165) is 5.56 Å². The number of anilines is 1. The van der Waals surface area contributed by atoms with E-state index in [1.54, 1.807) is 43.3 Å². The molecule has 0 saturated heterocycles. The monoisotopic (exact) mass is 375 g/mol. The first-order valence-corrected chi connectivity index (χ1v) is 8.48. The number of fused-ring (bicyclic) bond motifs is 1. The number of nitrogens with one attached hydrogen (secondary N) is 1. The first kappa shape index (κ1) is 18.1. The van der Waals surface area contributed by atoms with Gasteiger partial charge in [-0.25, -0.2) is 4.79 Å². The van der Waals surface area contributed by atoms with Gasteiger partial charge in [0.15, 0.2) is 17.6 Å². The fourth-order valence-electron chi connectivity index (χ4n) is 2.42. The second kappa shape index (κ2) is 7.66. The largest absolute Gasteiger partial charge is 0.485 e. The van der Waals surface area contributed by atoms with Crippen molar-refractivity contribution in [1.29, 1.82) is 0 Å². The van der Waals surface area contributed by atoms with Crippen molar-refractivity contribution in [3.8, 4) is 11.5 Å². The molecule has 0 unspecified atom stereocenters. The van der Waals surface area contributed by atoms with Crippen molar-refractivity contribution >= 4 is 29.2 Å². The number of ether oxygens (including phenoxy) is 3. The van der Waals surface area contributed by atoms with E-state index in [9.17, 15) is 9.59 Å². The number of carbonyl (C=O) groups excluding carboxylic acids is 2. The van der Waals surface area contributed by atoms with Crippen molar-refractivity contribution in [3.05, 3.63) is 53.1 Å². The van der Waals surface area contributed by atoms with E-state index in [2.05, 4.69) is 5.32 Å². The summed E-state index contributed by atoms with van der Waals surface area (Å²) in [4.78, 5) is 24.6. The van der Waals surface area contributed by atoms with Crippen LogP contribution in [0.1, 0.15) is 12.5 Å². The van der Waals surface area contributed by atoms with E-state index in [1.165, 1.54) is 6.92 Å². The molecular formula is C19H18ClNO5. The Bertz CT molecular complexity index is 838. The smallest absolute Gasteiger partial charge is 0.351 e. The molecule has 7 heteroatoms. The van der Waals surface area contributed by atoms with Gasteiger partial charge in [-0.3, -0.25) is 4.79 Å². The maximum Gasteiger partial charge on any atom is 0.351 e. The SMILES string of the molecule is Cc1c(Cl)cccc1NC(=O)[C@H](C)OC(=O)[C@H]1COc2ccccc2O1. The van der Waals surface area contributed by atoms with Crippen LogP contribution >= 0.6 is 11.6 Å². The van der Waals surface area contributed by atoms with Gasteiger partial charge in [-0.1, -0.05) is 29.8 Å². The predicted octanol–water partition coefficient (Wildman–Crippen LogP) is 3.36. The van der Waals surface area contributed by atoms with Crippen LogP contribution in [0.5, 0.6) is 11.5 Å². The zero-order valence-corrected chi connectivity index (χ0v) is 15.1. The zero-order chi connectivity index (χ0) is 18.7. The summed E-state index contributed by atoms with van der Waals surface area (Å²) in [6.45, 7) is 3.31. The van der Waals surface area contributed by atoms with Gasteiger partial charge < -0.3 is 19.5 Å². The fraction of sp³-hybridized carbons (Fsp3) is 0.263. The predicted molar refractivity (Wildman–Crippen MR) is 96.7 cm³/mol. The minimum atomic E-state index is -0.998. The number of amides is 1. The molecule has 0 spiro atoms. The molecule has 1 aliphatic heterocycles. The number of carbonyl (C=O) groups is 2. The molecule has 2 atom stereocenters. The van der Waals surface area contributed by atoms with Gasteiger partial charge >= 0.3 is 5.97 Å². The highest BCUT2D eigenvalue weighted by Gasteiger charge is 2.31. The summed E-state index contributed by atoms with van der Waals surface area (Å²) in [5.74, 6) is -0.0862. The maximum atomic E-state index is 12.3. The summed E-state index contributed by atoms with van der Waals surface area (Å²) in [5, 5.41) is 3.24. The molecule has 6 nitrogen and oxygen atoms in total. The van der Waals surface area contributed by atoms with Gasteiger partial charge in [0.05, 0.1) is 0 Å². The molecule has 0 aromatic heterocycles. The first-order valence-electron chi connectivity index (χ1n) is 8.10. The lowest BCUT2D eigenvalue weighted by molar-refractivity contribution is -0.162. The van der Waals surface area contributed by atoms with Gasteiger partial charge in [0.2, 0.25) is 6.10 Å². The van der Waals surface area contributed by atoms with Crippen LogP contribution in [0.15, 0.2) is 42.5 Å². The molecule has 136 valence electrons. The highest BCUT2D eigenvalue weighted by atomic mass is 35.5. The van der Waals surface area contributed by atoms with E-state index in [-0.39, 0.29) is 6.61 Å². The van der Waals surface area contributed by atoms with Crippen molar-refractivity contribution in [3.63, 3.8) is 0 Å². The summed E-state index contributed by atoms with van der Waals surface area (Å²) in [6, 6.07) is 12.2. The molecule has 2 aromatic rings. The molecule has 0 aliphatic carbocycles. The van der Waals surface area contributed by atoms with Crippen molar-refractivity contribution in [2.24, 2.45) is 0 Å². The Morgan fingerprint density at radius 2 is 1.92 bits per heavy atom. The molecule has 1 amide bonds. The van der Waals surface area contributed by atoms with Gasteiger partial charge in [-0.05, 0) is 43.7 Å². The first-order chi connectivity index (χ1) is 12.5. The molecule has 0 bridgehead atoms. The van der Waals surface area contributed by atoms with E-state index >= 15 is 0 Å². The second-order valence-electron chi connectivity index (χ2n) is 5.84. The van der Waals surface area contributed by atoms with Crippen LogP contribution in [-0.2, 0) is 14.3 Å². The summed E-state index contributed by atoms with van der Waals surface area (Å²) < 4.78 is 16.3. The third kappa shape index (κ3) is 3.91. The van der Waals surface area contributed by atoms with Crippen LogP contribution in [0, 0.1) is 6.92 Å². The lowest BCUT2D eigenvalue weighted by Gasteiger charge is -2.26. The van der Waals surface area contributed by atoms with Crippen LogP contribution in [0.25, 0.3) is 0 Å². The highest BCUT2D eigenvalue weighted by molar-refractivity contribution is 6.31. The molecule has 0 radical (unpaired) electrons. The normalized spacial score (nSPS) is 16.5. The summed E-state index contributed by atoms with van der Waals surface area (Å²) >= 11 is 6.04. The number of para-hydroxylation sites is 2. The van der Waals surface area contributed by atoms with Crippen LogP contribution in [0.2, 0.25) is 5.02 Å². The summed E-state index contributed by atoms with van der Waals surface area (Å²) in [7, 11) is 0. The van der Waals surface area contributed by atoms with Crippen LogP contribution in [0.3, 0.4) is 0 Å². The van der Waals surface area contributed by atoms with Gasteiger partial charge in [0.25, 0.3) is 5.91 Å². The van der Waals surface area contributed by atoms with E-state index < -0.39 is 24.1 Å². The van der Waals surface area contributed by atoms with E-state index in [4.69, 9.17) is 25.8 Å². The van der Waals surface area contributed by atoms with Crippen molar-refractivity contribution in [2.75, 3.05) is 11.9 Å². The topological polar surface area (TPSA) is 73.9 Å². The minimum Gasteiger partial charge on any atom is -0.485 e. The van der Waals surface area contributed by atoms with Crippen LogP contribution in [0.4, 0.5) is 5.69 Å². The number of rotatable bonds is 4. The Morgan fingerprint density at radius 1 is 1.19 bits per heavy atom. The van der Waals surface area contributed by atoms with Crippen molar-refractivity contribution in [1.82, 2.24) is 0 Å². The molecule has 0 saturated carbocycles. The van der Waals surface area contributed by atoms with Gasteiger partial charge in [0.1, 0.15) is 6.61 Å². The molecule has 1 N–H and O–H groups in total. The highest BCUT2D eigenvalue weighted by Crippen LogP contribution is 2.31. The van der Waals surface area contributed by atoms with Crippen molar-refractivity contribution in [2.45, 2.75) is 26.1 Å². The number of benzene rings is 2. The second-order valence-corrected chi connectivity index (χ2v) is 6.25. The summed E-state index contributed by atoms with van der Waals surface area (Å²) in [6.07, 6.45) is -1.92. The Labute approximate surface area is 156 Å². The standard InChI is InChI=1S/C19H18ClNO5/c1-11-13(20)6-5-7-14(11)21-18(22)12(2)25-19(23)17-10-24-15-8-3-4-9-16(15)26-17/h3-9,12,17H,10H2,1-2H3,(H,21,22)/t12-,17+/m0/s1. The molecule has 2 aromatic carbocycles.